The summed E-state index contributed by atoms with van der Waals surface area (Å²) in [6.07, 6.45) is 3.42. The lowest BCUT2D eigenvalue weighted by Gasteiger charge is -2.21. The van der Waals surface area contributed by atoms with Gasteiger partial charge in [-0.2, -0.15) is 0 Å². The minimum atomic E-state index is -0.437. The number of aromatic nitrogens is 1. The van der Waals surface area contributed by atoms with Crippen LogP contribution >= 0.6 is 0 Å². The van der Waals surface area contributed by atoms with Gasteiger partial charge in [-0.05, 0) is 12.8 Å². The number of rotatable bonds is 2. The van der Waals surface area contributed by atoms with Gasteiger partial charge in [-0.15, -0.1) is 0 Å². The predicted octanol–water partition coefficient (Wildman–Crippen LogP) is 3.03. The average molecular weight is 237 g/mol. The summed E-state index contributed by atoms with van der Waals surface area (Å²) in [6.45, 7) is 6.05. The molecule has 1 aliphatic rings. The first-order chi connectivity index (χ1) is 7.93. The van der Waals surface area contributed by atoms with Gasteiger partial charge in [-0.1, -0.05) is 27.2 Å². The number of hydrogen-bond donors (Lipinski definition) is 0. The number of oxazole rings is 1. The van der Waals surface area contributed by atoms with Gasteiger partial charge >= 0.3 is 5.97 Å². The summed E-state index contributed by atoms with van der Waals surface area (Å²) < 4.78 is 10.4. The third-order valence-corrected chi connectivity index (χ3v) is 3.18. The summed E-state index contributed by atoms with van der Waals surface area (Å²) in [6, 6.07) is 0. The van der Waals surface area contributed by atoms with Crippen molar-refractivity contribution in [3.05, 3.63) is 17.3 Å². The minimum Gasteiger partial charge on any atom is -0.463 e. The Kier molecular flexibility index (Phi) is 2.98. The first-order valence-electron chi connectivity index (χ1n) is 6.03. The van der Waals surface area contributed by atoms with Crippen LogP contribution in [0.2, 0.25) is 0 Å². The van der Waals surface area contributed by atoms with Gasteiger partial charge in [0.15, 0.2) is 5.89 Å². The zero-order valence-corrected chi connectivity index (χ0v) is 10.9. The van der Waals surface area contributed by atoms with Crippen LogP contribution in [0.3, 0.4) is 0 Å². The van der Waals surface area contributed by atoms with E-state index in [1.54, 1.807) is 0 Å². The quantitative estimate of drug-likeness (QED) is 0.742. The maximum Gasteiger partial charge on any atom is 0.376 e. The van der Waals surface area contributed by atoms with E-state index >= 15 is 0 Å². The Balaban J connectivity index is 2.40. The molecule has 0 saturated heterocycles. The summed E-state index contributed by atoms with van der Waals surface area (Å²) in [5, 5.41) is 0. The van der Waals surface area contributed by atoms with Crippen LogP contribution in [0.4, 0.5) is 0 Å². The number of ether oxygens (including phenoxy) is 1. The van der Waals surface area contributed by atoms with Crippen molar-refractivity contribution in [3.63, 3.8) is 0 Å². The standard InChI is InChI=1S/C13H19NO3/c1-13(2,3)10-9(12(15)16-4)17-11(14-10)8-6-5-7-8/h8H,5-7H2,1-4H3. The first-order valence-corrected chi connectivity index (χ1v) is 6.03. The molecule has 94 valence electrons. The second kappa shape index (κ2) is 4.17. The smallest absolute Gasteiger partial charge is 0.376 e. The topological polar surface area (TPSA) is 52.3 Å². The van der Waals surface area contributed by atoms with Gasteiger partial charge < -0.3 is 9.15 Å². The van der Waals surface area contributed by atoms with Gasteiger partial charge in [-0.25, -0.2) is 9.78 Å². The first kappa shape index (κ1) is 12.1. The number of carbonyl (C=O) groups excluding carboxylic acids is 1. The fourth-order valence-electron chi connectivity index (χ4n) is 1.91. The summed E-state index contributed by atoms with van der Waals surface area (Å²) in [5.74, 6) is 0.908. The van der Waals surface area contributed by atoms with E-state index in [0.29, 0.717) is 17.5 Å². The van der Waals surface area contributed by atoms with Crippen LogP contribution in [-0.2, 0) is 10.2 Å². The molecule has 1 aromatic heterocycles. The molecule has 0 aliphatic heterocycles. The maximum atomic E-state index is 11.7. The highest BCUT2D eigenvalue weighted by molar-refractivity contribution is 5.87. The molecule has 0 N–H and O–H groups in total. The average Bonchev–Trinajstić information content (AvgIpc) is 2.58. The van der Waals surface area contributed by atoms with Crippen molar-refractivity contribution < 1.29 is 13.9 Å². The Bertz CT molecular complexity index is 424. The number of hydrogen-bond acceptors (Lipinski definition) is 4. The monoisotopic (exact) mass is 237 g/mol. The van der Waals surface area contributed by atoms with Crippen molar-refractivity contribution in [2.75, 3.05) is 7.11 Å². The van der Waals surface area contributed by atoms with Crippen LogP contribution in [0, 0.1) is 0 Å². The van der Waals surface area contributed by atoms with Crippen LogP contribution in [0.25, 0.3) is 0 Å². The molecule has 0 spiro atoms. The minimum absolute atomic E-state index is 0.213. The van der Waals surface area contributed by atoms with Crippen molar-refractivity contribution in [2.24, 2.45) is 0 Å². The molecule has 0 bridgehead atoms. The van der Waals surface area contributed by atoms with Crippen LogP contribution in [0.5, 0.6) is 0 Å². The summed E-state index contributed by atoms with van der Waals surface area (Å²) in [7, 11) is 1.36. The zero-order valence-electron chi connectivity index (χ0n) is 10.9. The summed E-state index contributed by atoms with van der Waals surface area (Å²) in [5.41, 5.74) is 0.487. The third kappa shape index (κ3) is 2.21. The molecule has 1 heterocycles. The van der Waals surface area contributed by atoms with Gasteiger partial charge in [0.1, 0.15) is 0 Å². The second-order valence-electron chi connectivity index (χ2n) is 5.60. The third-order valence-electron chi connectivity index (χ3n) is 3.18. The van der Waals surface area contributed by atoms with Crippen molar-refractivity contribution in [1.29, 1.82) is 0 Å². The lowest BCUT2D eigenvalue weighted by molar-refractivity contribution is 0.0557. The molecule has 1 saturated carbocycles. The molecule has 0 unspecified atom stereocenters. The zero-order chi connectivity index (χ0) is 12.6. The molecule has 1 aromatic rings. The molecule has 0 atom stereocenters. The van der Waals surface area contributed by atoms with E-state index in [1.807, 2.05) is 20.8 Å². The van der Waals surface area contributed by atoms with Crippen molar-refractivity contribution in [3.8, 4) is 0 Å². The van der Waals surface area contributed by atoms with E-state index in [2.05, 4.69) is 4.98 Å². The normalized spacial score (nSPS) is 16.7. The Labute approximate surface area is 101 Å². The molecule has 17 heavy (non-hydrogen) atoms. The van der Waals surface area contributed by atoms with E-state index < -0.39 is 5.97 Å². The van der Waals surface area contributed by atoms with E-state index in [0.717, 1.165) is 12.8 Å². The fourth-order valence-corrected chi connectivity index (χ4v) is 1.91. The van der Waals surface area contributed by atoms with Crippen LogP contribution in [0.15, 0.2) is 4.42 Å². The largest absolute Gasteiger partial charge is 0.463 e. The predicted molar refractivity (Wildman–Crippen MR) is 63.1 cm³/mol. The summed E-state index contributed by atoms with van der Waals surface area (Å²) in [4.78, 5) is 16.2. The van der Waals surface area contributed by atoms with Gasteiger partial charge in [-0.3, -0.25) is 0 Å². The molecule has 4 nitrogen and oxygen atoms in total. The number of carbonyl (C=O) groups is 1. The maximum absolute atomic E-state index is 11.7. The summed E-state index contributed by atoms with van der Waals surface area (Å²) >= 11 is 0. The number of methoxy groups -OCH3 is 1. The van der Waals surface area contributed by atoms with E-state index in [-0.39, 0.29) is 11.2 Å². The molecule has 2 rings (SSSR count). The molecular formula is C13H19NO3. The Morgan fingerprint density at radius 2 is 2.06 bits per heavy atom. The van der Waals surface area contributed by atoms with Gasteiger partial charge in [0.05, 0.1) is 12.8 Å². The molecule has 4 heteroatoms. The highest BCUT2D eigenvalue weighted by Gasteiger charge is 2.33. The van der Waals surface area contributed by atoms with Crippen molar-refractivity contribution in [1.82, 2.24) is 4.98 Å². The number of esters is 1. The molecule has 0 aromatic carbocycles. The molecule has 1 aliphatic carbocycles. The Morgan fingerprint density at radius 3 is 2.47 bits per heavy atom. The van der Waals surface area contributed by atoms with Crippen LogP contribution < -0.4 is 0 Å². The Morgan fingerprint density at radius 1 is 1.41 bits per heavy atom. The molecule has 1 fully saturated rings. The second-order valence-corrected chi connectivity index (χ2v) is 5.60. The fraction of sp³-hybridized carbons (Fsp3) is 0.692. The molecular weight excluding hydrogens is 218 g/mol. The van der Waals surface area contributed by atoms with Gasteiger partial charge in [0, 0.05) is 11.3 Å². The number of nitrogens with zero attached hydrogens (tertiary/aromatic N) is 1. The SMILES string of the molecule is COC(=O)c1oc(C2CCC2)nc1C(C)(C)C. The van der Waals surface area contributed by atoms with E-state index in [9.17, 15) is 4.79 Å². The molecule has 0 amide bonds. The van der Waals surface area contributed by atoms with Gasteiger partial charge in [0.2, 0.25) is 5.76 Å². The van der Waals surface area contributed by atoms with Crippen LogP contribution in [0.1, 0.15) is 68.1 Å². The lowest BCUT2D eigenvalue weighted by atomic mass is 9.85. The Hall–Kier alpha value is -1.32. The van der Waals surface area contributed by atoms with Crippen molar-refractivity contribution >= 4 is 5.97 Å². The highest BCUT2D eigenvalue weighted by atomic mass is 16.5. The van der Waals surface area contributed by atoms with Crippen molar-refractivity contribution in [2.45, 2.75) is 51.4 Å². The van der Waals surface area contributed by atoms with Gasteiger partial charge in [0.25, 0.3) is 0 Å². The lowest BCUT2D eigenvalue weighted by Crippen LogP contribution is -2.17. The molecule has 0 radical (unpaired) electrons. The van der Waals surface area contributed by atoms with E-state index in [1.165, 1.54) is 13.5 Å². The van der Waals surface area contributed by atoms with E-state index in [4.69, 9.17) is 9.15 Å². The highest BCUT2D eigenvalue weighted by Crippen LogP contribution is 2.38. The van der Waals surface area contributed by atoms with Crippen LogP contribution in [-0.4, -0.2) is 18.1 Å².